The van der Waals surface area contributed by atoms with Gasteiger partial charge >= 0.3 is 18.2 Å². The molecule has 0 aliphatic carbocycles. The lowest BCUT2D eigenvalue weighted by Gasteiger charge is -2.38. The second kappa shape index (κ2) is 11.7. The minimum atomic E-state index is -5.08. The summed E-state index contributed by atoms with van der Waals surface area (Å²) in [4.78, 5) is 45.5. The van der Waals surface area contributed by atoms with E-state index in [1.807, 2.05) is 43.3 Å². The molecule has 4 rings (SSSR count). The fourth-order valence-electron chi connectivity index (χ4n) is 3.76. The van der Waals surface area contributed by atoms with Crippen molar-refractivity contribution in [2.45, 2.75) is 44.5 Å². The number of carboxylic acid groups (broad SMARTS) is 1. The number of benzene rings is 1. The van der Waals surface area contributed by atoms with Crippen molar-refractivity contribution in [1.82, 2.24) is 15.2 Å². The molecular weight excluding hydrogens is 495 g/mol. The minimum Gasteiger partial charge on any atom is -0.475 e. The maximum Gasteiger partial charge on any atom is 0.490 e. The van der Waals surface area contributed by atoms with Gasteiger partial charge in [0.2, 0.25) is 0 Å². The van der Waals surface area contributed by atoms with Gasteiger partial charge in [-0.25, -0.2) is 9.59 Å². The third-order valence-electron chi connectivity index (χ3n) is 5.68. The molecule has 3 N–H and O–H groups in total. The standard InChI is InChI=1S/C22H25N5O3.C2HF3O2/c1-16-3-5-18(6-4-16)25-21(29)27-12-2-9-22(15-27)13-19(26-30-22)20(28)24-14-17-7-10-23-11-8-17;3-2(4,5)1(6)7/h3-8,10-11H,2,9,12-15H2,1H3,(H,24,28)(H,25,29);(H,6,7). The van der Waals surface area contributed by atoms with E-state index in [2.05, 4.69) is 20.8 Å². The number of anilines is 1. The highest BCUT2D eigenvalue weighted by Gasteiger charge is 2.45. The fourth-order valence-corrected chi connectivity index (χ4v) is 3.76. The number of likely N-dealkylation sites (tertiary alicyclic amines) is 1. The van der Waals surface area contributed by atoms with E-state index in [-0.39, 0.29) is 11.9 Å². The van der Waals surface area contributed by atoms with Crippen LogP contribution in [0.15, 0.2) is 53.9 Å². The van der Waals surface area contributed by atoms with Crippen LogP contribution in [0.4, 0.5) is 23.7 Å². The first-order valence-corrected chi connectivity index (χ1v) is 11.3. The summed E-state index contributed by atoms with van der Waals surface area (Å²) in [7, 11) is 0. The molecule has 1 spiro atoms. The number of amides is 3. The molecule has 0 radical (unpaired) electrons. The van der Waals surface area contributed by atoms with Gasteiger partial charge in [-0.3, -0.25) is 9.78 Å². The van der Waals surface area contributed by atoms with Gasteiger partial charge in [-0.2, -0.15) is 13.2 Å². The molecule has 1 fully saturated rings. The molecule has 13 heteroatoms. The van der Waals surface area contributed by atoms with Gasteiger partial charge in [0, 0.05) is 37.6 Å². The number of hydrogen-bond donors (Lipinski definition) is 3. The van der Waals surface area contributed by atoms with Crippen molar-refractivity contribution < 1.29 is 37.5 Å². The van der Waals surface area contributed by atoms with Crippen LogP contribution in [-0.4, -0.2) is 63.5 Å². The lowest BCUT2D eigenvalue weighted by Crippen LogP contribution is -2.52. The summed E-state index contributed by atoms with van der Waals surface area (Å²) in [5.74, 6) is -3.00. The van der Waals surface area contributed by atoms with E-state index in [1.54, 1.807) is 17.3 Å². The highest BCUT2D eigenvalue weighted by Crippen LogP contribution is 2.33. The number of halogens is 3. The van der Waals surface area contributed by atoms with Gasteiger partial charge in [-0.1, -0.05) is 22.9 Å². The Hall–Kier alpha value is -4.16. The number of oxime groups is 1. The molecule has 2 aliphatic rings. The molecule has 3 heterocycles. The molecule has 1 saturated heterocycles. The first kappa shape index (κ1) is 27.4. The predicted molar refractivity (Wildman–Crippen MR) is 127 cm³/mol. The van der Waals surface area contributed by atoms with E-state index in [0.717, 1.165) is 29.7 Å². The number of pyridine rings is 1. The topological polar surface area (TPSA) is 133 Å². The Morgan fingerprint density at radius 2 is 1.78 bits per heavy atom. The highest BCUT2D eigenvalue weighted by molar-refractivity contribution is 6.39. The SMILES string of the molecule is Cc1ccc(NC(=O)N2CCCC3(CC(C(=O)NCc4ccncc4)=NO3)C2)cc1.O=C(O)C(F)(F)F. The molecule has 10 nitrogen and oxygen atoms in total. The largest absolute Gasteiger partial charge is 0.490 e. The van der Waals surface area contributed by atoms with Gasteiger partial charge in [0.05, 0.1) is 6.54 Å². The van der Waals surface area contributed by atoms with E-state index in [0.29, 0.717) is 31.8 Å². The molecule has 198 valence electrons. The van der Waals surface area contributed by atoms with Crippen LogP contribution in [0.3, 0.4) is 0 Å². The monoisotopic (exact) mass is 521 g/mol. The van der Waals surface area contributed by atoms with E-state index in [4.69, 9.17) is 14.7 Å². The van der Waals surface area contributed by atoms with Crippen molar-refractivity contribution in [3.05, 3.63) is 59.9 Å². The molecule has 1 atom stereocenters. The van der Waals surface area contributed by atoms with Gasteiger partial charge in [-0.05, 0) is 49.6 Å². The van der Waals surface area contributed by atoms with Crippen molar-refractivity contribution in [2.75, 3.05) is 18.4 Å². The second-order valence-electron chi connectivity index (χ2n) is 8.65. The number of carbonyl (C=O) groups excluding carboxylic acids is 2. The predicted octanol–water partition coefficient (Wildman–Crippen LogP) is 3.48. The lowest BCUT2D eigenvalue weighted by atomic mass is 9.88. The maximum absolute atomic E-state index is 12.7. The normalized spacial score (nSPS) is 18.7. The van der Waals surface area contributed by atoms with Crippen LogP contribution >= 0.6 is 0 Å². The number of rotatable bonds is 4. The average Bonchev–Trinajstić information content (AvgIpc) is 3.27. The van der Waals surface area contributed by atoms with Crippen LogP contribution < -0.4 is 10.6 Å². The van der Waals surface area contributed by atoms with Crippen LogP contribution in [0, 0.1) is 6.92 Å². The fraction of sp³-hybridized carbons (Fsp3) is 0.375. The molecule has 1 aromatic carbocycles. The Labute approximate surface area is 210 Å². The number of nitrogens with one attached hydrogen (secondary N) is 2. The zero-order valence-corrected chi connectivity index (χ0v) is 19.9. The molecular formula is C24H26F3N5O5. The number of hydrogen-bond acceptors (Lipinski definition) is 6. The zero-order chi connectivity index (χ0) is 27.1. The summed E-state index contributed by atoms with van der Waals surface area (Å²) >= 11 is 0. The maximum atomic E-state index is 12.7. The van der Waals surface area contributed by atoms with Crippen LogP contribution in [0.5, 0.6) is 0 Å². The van der Waals surface area contributed by atoms with Crippen molar-refractivity contribution in [1.29, 1.82) is 0 Å². The number of urea groups is 1. The number of carbonyl (C=O) groups is 3. The van der Waals surface area contributed by atoms with E-state index in [9.17, 15) is 22.8 Å². The quantitative estimate of drug-likeness (QED) is 0.564. The smallest absolute Gasteiger partial charge is 0.475 e. The Morgan fingerprint density at radius 3 is 2.41 bits per heavy atom. The number of alkyl halides is 3. The van der Waals surface area contributed by atoms with Crippen LogP contribution in [0.1, 0.15) is 30.4 Å². The van der Waals surface area contributed by atoms with Gasteiger partial charge in [0.1, 0.15) is 5.71 Å². The Balaban J connectivity index is 0.000000479. The molecule has 1 aromatic heterocycles. The molecule has 1 unspecified atom stereocenters. The van der Waals surface area contributed by atoms with Gasteiger partial charge in [0.15, 0.2) is 5.60 Å². The second-order valence-corrected chi connectivity index (χ2v) is 8.65. The first-order valence-electron chi connectivity index (χ1n) is 11.3. The third kappa shape index (κ3) is 7.92. The molecule has 0 bridgehead atoms. The molecule has 0 saturated carbocycles. The van der Waals surface area contributed by atoms with Crippen molar-refractivity contribution in [3.8, 4) is 0 Å². The van der Waals surface area contributed by atoms with Crippen LogP contribution in [-0.2, 0) is 21.0 Å². The average molecular weight is 521 g/mol. The first-order chi connectivity index (χ1) is 17.5. The summed E-state index contributed by atoms with van der Waals surface area (Å²) < 4.78 is 31.7. The third-order valence-corrected chi connectivity index (χ3v) is 5.68. The Morgan fingerprint density at radius 1 is 1.14 bits per heavy atom. The highest BCUT2D eigenvalue weighted by atomic mass is 19.4. The van der Waals surface area contributed by atoms with Crippen molar-refractivity contribution in [3.63, 3.8) is 0 Å². The number of aliphatic carboxylic acids is 1. The van der Waals surface area contributed by atoms with E-state index >= 15 is 0 Å². The summed E-state index contributed by atoms with van der Waals surface area (Å²) in [5, 5.41) is 17.0. The van der Waals surface area contributed by atoms with Gasteiger partial charge in [-0.15, -0.1) is 0 Å². The molecule has 2 aromatic rings. The zero-order valence-electron chi connectivity index (χ0n) is 19.9. The number of piperidine rings is 1. The number of nitrogens with zero attached hydrogens (tertiary/aromatic N) is 3. The summed E-state index contributed by atoms with van der Waals surface area (Å²) in [6.07, 6.45) is 0.230. The number of carboxylic acids is 1. The summed E-state index contributed by atoms with van der Waals surface area (Å²) in [5.41, 5.74) is 2.59. The van der Waals surface area contributed by atoms with E-state index in [1.165, 1.54) is 0 Å². The van der Waals surface area contributed by atoms with E-state index < -0.39 is 17.7 Å². The molecule has 37 heavy (non-hydrogen) atoms. The molecule has 3 amide bonds. The van der Waals surface area contributed by atoms with Crippen LogP contribution in [0.25, 0.3) is 0 Å². The number of aryl methyl sites for hydroxylation is 1. The Bertz CT molecular complexity index is 1140. The lowest BCUT2D eigenvalue weighted by molar-refractivity contribution is -0.192. The number of aromatic nitrogens is 1. The molecule has 2 aliphatic heterocycles. The van der Waals surface area contributed by atoms with Gasteiger partial charge in [0.25, 0.3) is 5.91 Å². The van der Waals surface area contributed by atoms with Gasteiger partial charge < -0.3 is 25.5 Å². The summed E-state index contributed by atoms with van der Waals surface area (Å²) in [6, 6.07) is 11.2. The minimum absolute atomic E-state index is 0.169. The Kier molecular flexibility index (Phi) is 8.69. The summed E-state index contributed by atoms with van der Waals surface area (Å²) in [6.45, 7) is 3.45. The van der Waals surface area contributed by atoms with Crippen LogP contribution in [0.2, 0.25) is 0 Å². The van der Waals surface area contributed by atoms with Crippen molar-refractivity contribution >= 4 is 29.3 Å². The van der Waals surface area contributed by atoms with Crippen molar-refractivity contribution in [2.24, 2.45) is 5.16 Å².